The smallest absolute Gasteiger partial charge is 0.161 e. The Morgan fingerprint density at radius 3 is 3.00 bits per heavy atom. The molecule has 0 radical (unpaired) electrons. The molecule has 1 aromatic rings. The molecule has 5 heteroatoms. The Kier molecular flexibility index (Phi) is 3.00. The highest BCUT2D eigenvalue weighted by Crippen LogP contribution is 2.29. The first-order chi connectivity index (χ1) is 6.29. The minimum Gasteiger partial charge on any atom is -0.504 e. The number of aromatic hydroxyl groups is 1. The minimum atomic E-state index is 0.0254. The summed E-state index contributed by atoms with van der Waals surface area (Å²) in [5, 5.41) is 12.9. The summed E-state index contributed by atoms with van der Waals surface area (Å²) in [5.74, 6) is 0.406. The minimum absolute atomic E-state index is 0.0254. The van der Waals surface area contributed by atoms with Crippen LogP contribution in [0, 0.1) is 0 Å². The molecule has 0 heterocycles. The number of phenolic OH excluding ortho intramolecular Hbond substituents is 1. The van der Waals surface area contributed by atoms with Gasteiger partial charge in [0.1, 0.15) is 0 Å². The summed E-state index contributed by atoms with van der Waals surface area (Å²) >= 11 is 0. The molecule has 0 aromatic heterocycles. The van der Waals surface area contributed by atoms with Gasteiger partial charge < -0.3 is 9.84 Å². The number of hydrogen-bond acceptors (Lipinski definition) is 3. The molecule has 13 heavy (non-hydrogen) atoms. The van der Waals surface area contributed by atoms with Crippen LogP contribution in [0.1, 0.15) is 5.56 Å². The lowest BCUT2D eigenvalue weighted by Crippen LogP contribution is -1.87. The topological polar surface area (TPSA) is 78.2 Å². The predicted molar refractivity (Wildman–Crippen MR) is 47.5 cm³/mol. The van der Waals surface area contributed by atoms with E-state index in [9.17, 15) is 5.11 Å². The molecule has 1 rings (SSSR count). The van der Waals surface area contributed by atoms with Gasteiger partial charge in [-0.1, -0.05) is 17.2 Å². The third kappa shape index (κ3) is 2.04. The Morgan fingerprint density at radius 1 is 1.62 bits per heavy atom. The van der Waals surface area contributed by atoms with Crippen molar-refractivity contribution in [1.82, 2.24) is 0 Å². The average Bonchev–Trinajstić information content (AvgIpc) is 2.16. The molecule has 0 unspecified atom stereocenters. The number of methoxy groups -OCH3 is 1. The first-order valence-electron chi connectivity index (χ1n) is 3.65. The second kappa shape index (κ2) is 4.23. The van der Waals surface area contributed by atoms with Gasteiger partial charge >= 0.3 is 0 Å². The summed E-state index contributed by atoms with van der Waals surface area (Å²) in [7, 11) is 1.46. The van der Waals surface area contributed by atoms with Gasteiger partial charge in [0.2, 0.25) is 0 Å². The second-order valence-corrected chi connectivity index (χ2v) is 2.36. The zero-order valence-electron chi connectivity index (χ0n) is 7.14. The molecule has 0 aliphatic heterocycles. The van der Waals surface area contributed by atoms with Crippen molar-refractivity contribution in [2.24, 2.45) is 5.11 Å². The van der Waals surface area contributed by atoms with Gasteiger partial charge in [0.15, 0.2) is 11.5 Å². The molecule has 0 bridgehead atoms. The zero-order valence-corrected chi connectivity index (χ0v) is 7.14. The normalized spacial score (nSPS) is 9.00. The molecule has 0 aliphatic carbocycles. The first-order valence-corrected chi connectivity index (χ1v) is 3.65. The lowest BCUT2D eigenvalue weighted by Gasteiger charge is -2.05. The summed E-state index contributed by atoms with van der Waals surface area (Å²) in [6.45, 7) is 0.125. The molecule has 0 amide bonds. The maximum atomic E-state index is 9.51. The highest BCUT2D eigenvalue weighted by molar-refractivity contribution is 5.45. The van der Waals surface area contributed by atoms with Gasteiger partial charge in [-0.15, -0.1) is 0 Å². The molecule has 68 valence electrons. The summed E-state index contributed by atoms with van der Waals surface area (Å²) in [5.41, 5.74) is 8.64. The van der Waals surface area contributed by atoms with Gasteiger partial charge in [0.05, 0.1) is 13.7 Å². The van der Waals surface area contributed by atoms with Gasteiger partial charge in [-0.2, -0.15) is 0 Å². The molecular weight excluding hydrogens is 170 g/mol. The van der Waals surface area contributed by atoms with E-state index >= 15 is 0 Å². The van der Waals surface area contributed by atoms with Crippen LogP contribution in [0.15, 0.2) is 23.3 Å². The van der Waals surface area contributed by atoms with Crippen LogP contribution >= 0.6 is 0 Å². The Hall–Kier alpha value is -1.87. The van der Waals surface area contributed by atoms with Crippen molar-refractivity contribution in [1.29, 1.82) is 0 Å². The number of ether oxygens (including phenoxy) is 1. The Morgan fingerprint density at radius 2 is 2.38 bits per heavy atom. The highest BCUT2D eigenvalue weighted by Gasteiger charge is 2.04. The lowest BCUT2D eigenvalue weighted by molar-refractivity contribution is 0.370. The molecule has 5 nitrogen and oxygen atoms in total. The predicted octanol–water partition coefficient (Wildman–Crippen LogP) is 2.21. The van der Waals surface area contributed by atoms with Gasteiger partial charge in [0.25, 0.3) is 0 Å². The molecule has 0 aliphatic rings. The van der Waals surface area contributed by atoms with Crippen molar-refractivity contribution >= 4 is 0 Å². The number of nitrogens with zero attached hydrogens (tertiary/aromatic N) is 3. The maximum absolute atomic E-state index is 9.51. The van der Waals surface area contributed by atoms with Gasteiger partial charge in [-0.3, -0.25) is 0 Å². The SMILES string of the molecule is COc1cccc(CN=[N+]=[N-])c1O. The van der Waals surface area contributed by atoms with Crippen LogP contribution in [0.2, 0.25) is 0 Å². The van der Waals surface area contributed by atoms with E-state index in [2.05, 4.69) is 10.0 Å². The highest BCUT2D eigenvalue weighted by atomic mass is 16.5. The summed E-state index contributed by atoms with van der Waals surface area (Å²) in [6, 6.07) is 5.03. The van der Waals surface area contributed by atoms with Crippen molar-refractivity contribution in [3.63, 3.8) is 0 Å². The Bertz CT molecular complexity index is 345. The molecule has 1 aromatic carbocycles. The van der Waals surface area contributed by atoms with E-state index in [0.717, 1.165) is 0 Å². The van der Waals surface area contributed by atoms with E-state index in [1.807, 2.05) is 0 Å². The number of benzene rings is 1. The van der Waals surface area contributed by atoms with E-state index < -0.39 is 0 Å². The molecule has 0 spiro atoms. The zero-order chi connectivity index (χ0) is 9.68. The summed E-state index contributed by atoms with van der Waals surface area (Å²) in [4.78, 5) is 2.60. The van der Waals surface area contributed by atoms with Crippen LogP contribution in [0.3, 0.4) is 0 Å². The number of azide groups is 1. The fourth-order valence-electron chi connectivity index (χ4n) is 0.968. The van der Waals surface area contributed by atoms with Gasteiger partial charge in [-0.25, -0.2) is 0 Å². The Labute approximate surface area is 75.2 Å². The molecular formula is C8H9N3O2. The van der Waals surface area contributed by atoms with Crippen LogP contribution in [-0.4, -0.2) is 12.2 Å². The van der Waals surface area contributed by atoms with Gasteiger partial charge in [-0.05, 0) is 11.6 Å². The van der Waals surface area contributed by atoms with Crippen molar-refractivity contribution in [2.75, 3.05) is 7.11 Å². The third-order valence-electron chi connectivity index (χ3n) is 1.61. The van der Waals surface area contributed by atoms with Crippen LogP contribution in [0.4, 0.5) is 0 Å². The molecule has 0 fully saturated rings. The molecule has 1 N–H and O–H groups in total. The number of phenols is 1. The van der Waals surface area contributed by atoms with Crippen molar-refractivity contribution in [2.45, 2.75) is 6.54 Å². The third-order valence-corrected chi connectivity index (χ3v) is 1.61. The summed E-state index contributed by atoms with van der Waals surface area (Å²) in [6.07, 6.45) is 0. The monoisotopic (exact) mass is 179 g/mol. The fourth-order valence-corrected chi connectivity index (χ4v) is 0.968. The van der Waals surface area contributed by atoms with Crippen molar-refractivity contribution in [3.8, 4) is 11.5 Å². The number of rotatable bonds is 3. The molecule has 0 atom stereocenters. The second-order valence-electron chi connectivity index (χ2n) is 2.36. The fraction of sp³-hybridized carbons (Fsp3) is 0.250. The van der Waals surface area contributed by atoms with Crippen LogP contribution < -0.4 is 4.74 Å². The molecule has 0 saturated heterocycles. The Balaban J connectivity index is 3.00. The lowest BCUT2D eigenvalue weighted by atomic mass is 10.2. The average molecular weight is 179 g/mol. The first kappa shape index (κ1) is 9.22. The number of para-hydroxylation sites is 1. The molecule has 0 saturated carbocycles. The van der Waals surface area contributed by atoms with E-state index in [1.54, 1.807) is 18.2 Å². The summed E-state index contributed by atoms with van der Waals surface area (Å²) < 4.78 is 4.88. The maximum Gasteiger partial charge on any atom is 0.161 e. The van der Waals surface area contributed by atoms with Crippen LogP contribution in [0.5, 0.6) is 11.5 Å². The van der Waals surface area contributed by atoms with Crippen LogP contribution in [0.25, 0.3) is 10.4 Å². The number of hydrogen-bond donors (Lipinski definition) is 1. The standard InChI is InChI=1S/C8H9N3O2/c1-13-7-4-2-3-6(8(7)12)5-10-11-9/h2-4,12H,5H2,1H3. The van der Waals surface area contributed by atoms with Crippen LogP contribution in [-0.2, 0) is 6.54 Å². The van der Waals surface area contributed by atoms with E-state index in [0.29, 0.717) is 11.3 Å². The van der Waals surface area contributed by atoms with E-state index in [4.69, 9.17) is 10.3 Å². The van der Waals surface area contributed by atoms with Crippen molar-refractivity contribution in [3.05, 3.63) is 34.2 Å². The van der Waals surface area contributed by atoms with Gasteiger partial charge in [0, 0.05) is 10.5 Å². The van der Waals surface area contributed by atoms with E-state index in [1.165, 1.54) is 7.11 Å². The van der Waals surface area contributed by atoms with E-state index in [-0.39, 0.29) is 12.3 Å². The quantitative estimate of drug-likeness (QED) is 0.438. The largest absolute Gasteiger partial charge is 0.504 e. The van der Waals surface area contributed by atoms with Crippen molar-refractivity contribution < 1.29 is 9.84 Å².